The molecule has 0 fully saturated rings. The first-order chi connectivity index (χ1) is 7.76. The van der Waals surface area contributed by atoms with Gasteiger partial charge >= 0.3 is 0 Å². The lowest BCUT2D eigenvalue weighted by Gasteiger charge is -2.29. The lowest BCUT2D eigenvalue weighted by atomic mass is 10.1. The fourth-order valence-corrected chi connectivity index (χ4v) is 1.92. The van der Waals surface area contributed by atoms with Gasteiger partial charge in [0.25, 0.3) is 0 Å². The normalized spacial score (nSPS) is 14.0. The zero-order chi connectivity index (χ0) is 11.5. The minimum Gasteiger partial charge on any atom is -0.374 e. The van der Waals surface area contributed by atoms with E-state index in [1.54, 1.807) is 17.0 Å². The SMILES string of the molecule is N#Cc1ccc2c(c1)N(CCS)C(=O)CN2. The number of nitrogens with one attached hydrogen (secondary N) is 1. The first kappa shape index (κ1) is 10.8. The Hall–Kier alpha value is -1.67. The van der Waals surface area contributed by atoms with Crippen molar-refractivity contribution < 1.29 is 4.79 Å². The highest BCUT2D eigenvalue weighted by atomic mass is 32.1. The van der Waals surface area contributed by atoms with Crippen molar-refractivity contribution in [1.82, 2.24) is 0 Å². The highest BCUT2D eigenvalue weighted by Crippen LogP contribution is 2.30. The summed E-state index contributed by atoms with van der Waals surface area (Å²) >= 11 is 4.13. The Bertz CT molecular complexity index is 467. The summed E-state index contributed by atoms with van der Waals surface area (Å²) < 4.78 is 0. The molecule has 1 aliphatic rings. The fourth-order valence-electron chi connectivity index (χ4n) is 1.72. The van der Waals surface area contributed by atoms with Gasteiger partial charge in [-0.1, -0.05) is 0 Å². The van der Waals surface area contributed by atoms with Gasteiger partial charge in [0.1, 0.15) is 0 Å². The van der Waals surface area contributed by atoms with Gasteiger partial charge in [0.15, 0.2) is 0 Å². The molecule has 1 aromatic rings. The molecular weight excluding hydrogens is 222 g/mol. The molecule has 0 saturated heterocycles. The van der Waals surface area contributed by atoms with Crippen LogP contribution >= 0.6 is 12.6 Å². The quantitative estimate of drug-likeness (QED) is 0.756. The number of rotatable bonds is 2. The van der Waals surface area contributed by atoms with Crippen molar-refractivity contribution in [2.24, 2.45) is 0 Å². The van der Waals surface area contributed by atoms with E-state index in [-0.39, 0.29) is 5.91 Å². The molecule has 1 aliphatic heterocycles. The maximum absolute atomic E-state index is 11.7. The second-order valence-corrected chi connectivity index (χ2v) is 3.91. The number of nitrogens with zero attached hydrogens (tertiary/aromatic N) is 2. The monoisotopic (exact) mass is 233 g/mol. The van der Waals surface area contributed by atoms with E-state index in [9.17, 15) is 4.79 Å². The topological polar surface area (TPSA) is 56.1 Å². The zero-order valence-corrected chi connectivity index (χ0v) is 9.50. The van der Waals surface area contributed by atoms with E-state index in [0.717, 1.165) is 11.4 Å². The van der Waals surface area contributed by atoms with Crippen LogP contribution in [0.2, 0.25) is 0 Å². The summed E-state index contributed by atoms with van der Waals surface area (Å²) in [6, 6.07) is 7.36. The third-order valence-corrected chi connectivity index (χ3v) is 2.67. The first-order valence-electron chi connectivity index (χ1n) is 4.95. The van der Waals surface area contributed by atoms with E-state index >= 15 is 0 Å². The third kappa shape index (κ3) is 1.84. The number of carbonyl (C=O) groups excluding carboxylic acids is 1. The molecule has 1 N–H and O–H groups in total. The molecule has 1 amide bonds. The molecular formula is C11H11N3OS. The van der Waals surface area contributed by atoms with E-state index in [1.807, 2.05) is 6.07 Å². The van der Waals surface area contributed by atoms with E-state index in [1.165, 1.54) is 0 Å². The van der Waals surface area contributed by atoms with Crippen LogP contribution in [0.1, 0.15) is 5.56 Å². The van der Waals surface area contributed by atoms with Gasteiger partial charge in [-0.2, -0.15) is 17.9 Å². The maximum Gasteiger partial charge on any atom is 0.246 e. The van der Waals surface area contributed by atoms with E-state index < -0.39 is 0 Å². The Kier molecular flexibility index (Phi) is 3.02. The van der Waals surface area contributed by atoms with Crippen LogP contribution in [0, 0.1) is 11.3 Å². The molecule has 0 unspecified atom stereocenters. The van der Waals surface area contributed by atoms with Gasteiger partial charge in [-0.3, -0.25) is 4.79 Å². The van der Waals surface area contributed by atoms with Crippen molar-refractivity contribution in [3.05, 3.63) is 23.8 Å². The minimum atomic E-state index is 0.0108. The number of hydrogen-bond donors (Lipinski definition) is 2. The van der Waals surface area contributed by atoms with Gasteiger partial charge in [-0.05, 0) is 18.2 Å². The third-order valence-electron chi connectivity index (χ3n) is 2.47. The lowest BCUT2D eigenvalue weighted by molar-refractivity contribution is -0.117. The van der Waals surface area contributed by atoms with E-state index in [2.05, 4.69) is 24.0 Å². The standard InChI is InChI=1S/C11H11N3OS/c12-6-8-1-2-9-10(5-8)14(3-4-16)11(15)7-13-9/h1-2,5,13,16H,3-4,7H2. The molecule has 16 heavy (non-hydrogen) atoms. The minimum absolute atomic E-state index is 0.0108. The number of carbonyl (C=O) groups is 1. The van der Waals surface area contributed by atoms with Gasteiger partial charge in [0.05, 0.1) is 29.6 Å². The molecule has 4 nitrogen and oxygen atoms in total. The summed E-state index contributed by atoms with van der Waals surface area (Å²) in [6.45, 7) is 0.859. The van der Waals surface area contributed by atoms with Crippen LogP contribution in [0.3, 0.4) is 0 Å². The number of hydrogen-bond acceptors (Lipinski definition) is 4. The number of fused-ring (bicyclic) bond motifs is 1. The van der Waals surface area contributed by atoms with Crippen LogP contribution < -0.4 is 10.2 Å². The second kappa shape index (κ2) is 4.45. The Morgan fingerprint density at radius 1 is 1.56 bits per heavy atom. The van der Waals surface area contributed by atoms with Gasteiger partial charge in [0, 0.05) is 12.3 Å². The number of benzene rings is 1. The van der Waals surface area contributed by atoms with Crippen molar-refractivity contribution in [3.8, 4) is 6.07 Å². The van der Waals surface area contributed by atoms with Crippen LogP contribution in [0.5, 0.6) is 0 Å². The van der Waals surface area contributed by atoms with Crippen LogP contribution in [-0.2, 0) is 4.79 Å². The molecule has 0 radical (unpaired) electrons. The summed E-state index contributed by atoms with van der Waals surface area (Å²) in [5.74, 6) is 0.610. The van der Waals surface area contributed by atoms with Crippen molar-refractivity contribution in [2.75, 3.05) is 29.1 Å². The molecule has 1 heterocycles. The van der Waals surface area contributed by atoms with Crippen LogP contribution in [-0.4, -0.2) is 24.7 Å². The average molecular weight is 233 g/mol. The van der Waals surface area contributed by atoms with Gasteiger partial charge in [-0.15, -0.1) is 0 Å². The summed E-state index contributed by atoms with van der Waals surface area (Å²) in [5.41, 5.74) is 2.21. The number of nitriles is 1. The Balaban J connectivity index is 2.44. The molecule has 0 aromatic heterocycles. The summed E-state index contributed by atoms with van der Waals surface area (Å²) in [7, 11) is 0. The van der Waals surface area contributed by atoms with Crippen molar-refractivity contribution in [2.45, 2.75) is 0 Å². The lowest BCUT2D eigenvalue weighted by Crippen LogP contribution is -2.41. The van der Waals surface area contributed by atoms with Crippen LogP contribution in [0.4, 0.5) is 11.4 Å². The molecule has 0 saturated carbocycles. The summed E-state index contributed by atoms with van der Waals surface area (Å²) in [6.07, 6.45) is 0. The predicted octanol–water partition coefficient (Wildman–Crippen LogP) is 1.25. The van der Waals surface area contributed by atoms with Crippen molar-refractivity contribution >= 4 is 29.9 Å². The van der Waals surface area contributed by atoms with Crippen LogP contribution in [0.15, 0.2) is 18.2 Å². The molecule has 82 valence electrons. The number of thiol groups is 1. The highest BCUT2D eigenvalue weighted by Gasteiger charge is 2.23. The smallest absolute Gasteiger partial charge is 0.246 e. The summed E-state index contributed by atoms with van der Waals surface area (Å²) in [5, 5.41) is 11.9. The van der Waals surface area contributed by atoms with Crippen molar-refractivity contribution in [1.29, 1.82) is 5.26 Å². The van der Waals surface area contributed by atoms with Gasteiger partial charge in [-0.25, -0.2) is 0 Å². The van der Waals surface area contributed by atoms with E-state index in [0.29, 0.717) is 24.4 Å². The largest absolute Gasteiger partial charge is 0.374 e. The number of amides is 1. The van der Waals surface area contributed by atoms with E-state index in [4.69, 9.17) is 5.26 Å². The molecule has 0 atom stereocenters. The second-order valence-electron chi connectivity index (χ2n) is 3.47. The zero-order valence-electron chi connectivity index (χ0n) is 8.60. The molecule has 0 spiro atoms. The Morgan fingerprint density at radius 3 is 3.06 bits per heavy atom. The number of anilines is 2. The molecule has 2 rings (SSSR count). The first-order valence-corrected chi connectivity index (χ1v) is 5.58. The maximum atomic E-state index is 11.7. The molecule has 1 aromatic carbocycles. The Labute approximate surface area is 99.3 Å². The molecule has 0 aliphatic carbocycles. The van der Waals surface area contributed by atoms with Gasteiger partial charge < -0.3 is 10.2 Å². The van der Waals surface area contributed by atoms with Gasteiger partial charge in [0.2, 0.25) is 5.91 Å². The highest BCUT2D eigenvalue weighted by molar-refractivity contribution is 7.80. The molecule has 0 bridgehead atoms. The summed E-state index contributed by atoms with van der Waals surface area (Å²) in [4.78, 5) is 13.4. The van der Waals surface area contributed by atoms with Crippen molar-refractivity contribution in [3.63, 3.8) is 0 Å². The average Bonchev–Trinajstić information content (AvgIpc) is 2.32. The van der Waals surface area contributed by atoms with Crippen LogP contribution in [0.25, 0.3) is 0 Å². The predicted molar refractivity (Wildman–Crippen MR) is 65.9 cm³/mol. The molecule has 5 heteroatoms. The fraction of sp³-hybridized carbons (Fsp3) is 0.273. The Morgan fingerprint density at radius 2 is 2.38 bits per heavy atom.